The van der Waals surface area contributed by atoms with Gasteiger partial charge >= 0.3 is 0 Å². The molecule has 0 aliphatic carbocycles. The Bertz CT molecular complexity index is 407. The molecule has 1 rings (SSSR count). The molecule has 5 nitrogen and oxygen atoms in total. The minimum absolute atomic E-state index is 0.0176. The van der Waals surface area contributed by atoms with Crippen LogP contribution in [0.25, 0.3) is 0 Å². The first-order valence-electron chi connectivity index (χ1n) is 6.06. The van der Waals surface area contributed by atoms with E-state index in [2.05, 4.69) is 10.6 Å². The Kier molecular flexibility index (Phi) is 5.45. The molecule has 0 heterocycles. The molecule has 0 radical (unpaired) electrons. The third-order valence-electron chi connectivity index (χ3n) is 2.62. The molecule has 18 heavy (non-hydrogen) atoms. The summed E-state index contributed by atoms with van der Waals surface area (Å²) < 4.78 is 0. The first-order valence-corrected chi connectivity index (χ1v) is 6.06. The van der Waals surface area contributed by atoms with Crippen molar-refractivity contribution in [2.45, 2.75) is 26.3 Å². The molecular formula is C13H20N2O3. The first-order chi connectivity index (χ1) is 8.54. The van der Waals surface area contributed by atoms with Gasteiger partial charge in [0.1, 0.15) is 11.5 Å². The van der Waals surface area contributed by atoms with E-state index in [0.29, 0.717) is 12.1 Å². The standard InChI is InChI=1S/C13H20N2O3/c1-3-6-14-13(18)8-15-9(2)11-5-4-10(16)7-12(11)17/h4-5,7,9,15-17H,3,6,8H2,1-2H3,(H,14,18). The lowest BCUT2D eigenvalue weighted by molar-refractivity contribution is -0.120. The van der Waals surface area contributed by atoms with Gasteiger partial charge in [-0.3, -0.25) is 4.79 Å². The summed E-state index contributed by atoms with van der Waals surface area (Å²) in [6, 6.07) is 4.25. The van der Waals surface area contributed by atoms with Gasteiger partial charge in [-0.05, 0) is 19.4 Å². The van der Waals surface area contributed by atoms with E-state index >= 15 is 0 Å². The number of aromatic hydroxyl groups is 2. The second-order valence-corrected chi connectivity index (χ2v) is 4.20. The topological polar surface area (TPSA) is 81.6 Å². The minimum Gasteiger partial charge on any atom is -0.508 e. The van der Waals surface area contributed by atoms with Crippen LogP contribution in [0.1, 0.15) is 31.9 Å². The molecule has 1 amide bonds. The van der Waals surface area contributed by atoms with E-state index in [1.807, 2.05) is 13.8 Å². The summed E-state index contributed by atoms with van der Waals surface area (Å²) in [5, 5.41) is 24.6. The van der Waals surface area contributed by atoms with Gasteiger partial charge in [0.25, 0.3) is 0 Å². The zero-order valence-corrected chi connectivity index (χ0v) is 10.7. The van der Waals surface area contributed by atoms with Crippen LogP contribution in [0.15, 0.2) is 18.2 Å². The summed E-state index contributed by atoms with van der Waals surface area (Å²) in [5.41, 5.74) is 0.649. The van der Waals surface area contributed by atoms with Crippen molar-refractivity contribution >= 4 is 5.91 Å². The lowest BCUT2D eigenvalue weighted by atomic mass is 10.1. The van der Waals surface area contributed by atoms with Gasteiger partial charge in [-0.1, -0.05) is 13.0 Å². The molecule has 1 aromatic rings. The number of phenolic OH excluding ortho intramolecular Hbond substituents is 2. The van der Waals surface area contributed by atoms with Crippen molar-refractivity contribution in [3.05, 3.63) is 23.8 Å². The van der Waals surface area contributed by atoms with Gasteiger partial charge < -0.3 is 20.8 Å². The SMILES string of the molecule is CCCNC(=O)CNC(C)c1ccc(O)cc1O. The van der Waals surface area contributed by atoms with Crippen molar-refractivity contribution in [1.82, 2.24) is 10.6 Å². The number of nitrogens with one attached hydrogen (secondary N) is 2. The molecule has 1 aromatic carbocycles. The van der Waals surface area contributed by atoms with E-state index in [-0.39, 0.29) is 30.0 Å². The highest BCUT2D eigenvalue weighted by atomic mass is 16.3. The molecule has 5 heteroatoms. The number of carbonyl (C=O) groups is 1. The molecule has 100 valence electrons. The molecule has 0 aliphatic rings. The quantitative estimate of drug-likeness (QED) is 0.614. The Morgan fingerprint density at radius 1 is 1.39 bits per heavy atom. The maximum Gasteiger partial charge on any atom is 0.233 e. The molecule has 4 N–H and O–H groups in total. The lowest BCUT2D eigenvalue weighted by Gasteiger charge is -2.15. The summed E-state index contributed by atoms with van der Waals surface area (Å²) in [6.07, 6.45) is 0.903. The molecule has 1 unspecified atom stereocenters. The second-order valence-electron chi connectivity index (χ2n) is 4.20. The van der Waals surface area contributed by atoms with Gasteiger partial charge in [0, 0.05) is 24.2 Å². The molecule has 0 bridgehead atoms. The second kappa shape index (κ2) is 6.86. The number of hydrogen-bond donors (Lipinski definition) is 4. The number of carbonyl (C=O) groups excluding carboxylic acids is 1. The average molecular weight is 252 g/mol. The van der Waals surface area contributed by atoms with E-state index in [4.69, 9.17) is 0 Å². The van der Waals surface area contributed by atoms with Crippen molar-refractivity contribution in [3.63, 3.8) is 0 Å². The summed E-state index contributed by atoms with van der Waals surface area (Å²) in [4.78, 5) is 11.4. The van der Waals surface area contributed by atoms with Crippen molar-refractivity contribution in [1.29, 1.82) is 0 Å². The molecular weight excluding hydrogens is 232 g/mol. The monoisotopic (exact) mass is 252 g/mol. The van der Waals surface area contributed by atoms with Crippen molar-refractivity contribution in [3.8, 4) is 11.5 Å². The third kappa shape index (κ3) is 4.25. The van der Waals surface area contributed by atoms with Crippen molar-refractivity contribution < 1.29 is 15.0 Å². The number of amides is 1. The van der Waals surface area contributed by atoms with Crippen LogP contribution >= 0.6 is 0 Å². The Morgan fingerprint density at radius 3 is 2.72 bits per heavy atom. The Hall–Kier alpha value is -1.75. The summed E-state index contributed by atoms with van der Waals surface area (Å²) in [5.74, 6) is -0.0323. The highest BCUT2D eigenvalue weighted by molar-refractivity contribution is 5.78. The fraction of sp³-hybridized carbons (Fsp3) is 0.462. The van der Waals surface area contributed by atoms with E-state index in [1.165, 1.54) is 12.1 Å². The molecule has 0 saturated carbocycles. The molecule has 0 spiro atoms. The molecule has 0 aliphatic heterocycles. The van der Waals surface area contributed by atoms with Crippen LogP contribution in [0.2, 0.25) is 0 Å². The molecule has 0 saturated heterocycles. The lowest BCUT2D eigenvalue weighted by Crippen LogP contribution is -2.35. The maximum atomic E-state index is 11.4. The predicted molar refractivity (Wildman–Crippen MR) is 69.5 cm³/mol. The largest absolute Gasteiger partial charge is 0.508 e. The van der Waals surface area contributed by atoms with Crippen LogP contribution in [0.5, 0.6) is 11.5 Å². The van der Waals surface area contributed by atoms with Gasteiger partial charge in [-0.2, -0.15) is 0 Å². The Morgan fingerprint density at radius 2 is 2.11 bits per heavy atom. The van der Waals surface area contributed by atoms with E-state index in [0.717, 1.165) is 6.42 Å². The highest BCUT2D eigenvalue weighted by Crippen LogP contribution is 2.27. The Labute approximate surface area is 107 Å². The summed E-state index contributed by atoms with van der Waals surface area (Å²) in [7, 11) is 0. The highest BCUT2D eigenvalue weighted by Gasteiger charge is 2.11. The number of hydrogen-bond acceptors (Lipinski definition) is 4. The fourth-order valence-electron chi connectivity index (χ4n) is 1.58. The minimum atomic E-state index is -0.169. The number of phenols is 2. The van der Waals surface area contributed by atoms with Gasteiger partial charge in [0.15, 0.2) is 0 Å². The van der Waals surface area contributed by atoms with E-state index in [9.17, 15) is 15.0 Å². The Balaban J connectivity index is 2.50. The number of rotatable bonds is 6. The van der Waals surface area contributed by atoms with Crippen LogP contribution in [-0.2, 0) is 4.79 Å². The first kappa shape index (κ1) is 14.3. The van der Waals surface area contributed by atoms with Crippen LogP contribution in [-0.4, -0.2) is 29.2 Å². The van der Waals surface area contributed by atoms with Crippen LogP contribution in [0, 0.1) is 0 Å². The summed E-state index contributed by atoms with van der Waals surface area (Å²) >= 11 is 0. The van der Waals surface area contributed by atoms with Gasteiger partial charge in [-0.25, -0.2) is 0 Å². The van der Waals surface area contributed by atoms with Crippen LogP contribution in [0.3, 0.4) is 0 Å². The van der Waals surface area contributed by atoms with Crippen LogP contribution < -0.4 is 10.6 Å². The zero-order chi connectivity index (χ0) is 13.5. The van der Waals surface area contributed by atoms with Gasteiger partial charge in [-0.15, -0.1) is 0 Å². The predicted octanol–water partition coefficient (Wildman–Crippen LogP) is 1.27. The normalized spacial score (nSPS) is 12.1. The fourth-order valence-corrected chi connectivity index (χ4v) is 1.58. The summed E-state index contributed by atoms with van der Waals surface area (Å²) in [6.45, 7) is 4.70. The maximum absolute atomic E-state index is 11.4. The molecule has 0 aromatic heterocycles. The van der Waals surface area contributed by atoms with Crippen molar-refractivity contribution in [2.75, 3.05) is 13.1 Å². The van der Waals surface area contributed by atoms with E-state index < -0.39 is 0 Å². The van der Waals surface area contributed by atoms with Gasteiger partial charge in [0.2, 0.25) is 5.91 Å². The zero-order valence-electron chi connectivity index (χ0n) is 10.7. The smallest absolute Gasteiger partial charge is 0.233 e. The molecule has 1 atom stereocenters. The van der Waals surface area contributed by atoms with Crippen LogP contribution in [0.4, 0.5) is 0 Å². The average Bonchev–Trinajstić information content (AvgIpc) is 2.33. The third-order valence-corrected chi connectivity index (χ3v) is 2.62. The van der Waals surface area contributed by atoms with E-state index in [1.54, 1.807) is 6.07 Å². The van der Waals surface area contributed by atoms with Crippen molar-refractivity contribution in [2.24, 2.45) is 0 Å². The molecule has 0 fully saturated rings. The van der Waals surface area contributed by atoms with Gasteiger partial charge in [0.05, 0.1) is 6.54 Å². The number of benzene rings is 1.